The van der Waals surface area contributed by atoms with E-state index in [-0.39, 0.29) is 81.8 Å². The molecule has 0 aromatic carbocycles. The quantitative estimate of drug-likeness (QED) is 0.0353. The Hall–Kier alpha value is -3.46. The zero-order valence-electron chi connectivity index (χ0n) is 21.9. The minimum absolute atomic E-state index is 0.000433. The van der Waals surface area contributed by atoms with Gasteiger partial charge in [0.15, 0.2) is 5.96 Å². The molecule has 0 unspecified atom stereocenters. The summed E-state index contributed by atoms with van der Waals surface area (Å²) in [7, 11) is 1.88. The van der Waals surface area contributed by atoms with Crippen molar-refractivity contribution in [3.05, 3.63) is 0 Å². The van der Waals surface area contributed by atoms with Crippen LogP contribution in [0.15, 0.2) is 4.99 Å². The first-order valence-electron chi connectivity index (χ1n) is 12.3. The summed E-state index contributed by atoms with van der Waals surface area (Å²) in [6, 6.07) is 0. The number of carbonyl (C=O) groups is 5. The van der Waals surface area contributed by atoms with Gasteiger partial charge in [0.05, 0.1) is 19.9 Å². The highest BCUT2D eigenvalue weighted by molar-refractivity contribution is 5.79. The molecule has 0 atom stereocenters. The Morgan fingerprint density at radius 2 is 1.22 bits per heavy atom. The highest BCUT2D eigenvalue weighted by Gasteiger charge is 2.14. The number of aliphatic imine (C=N–C) groups is 1. The van der Waals surface area contributed by atoms with Crippen molar-refractivity contribution in [2.45, 2.75) is 45.4 Å². The summed E-state index contributed by atoms with van der Waals surface area (Å²) in [5.41, 5.74) is 10.5. The molecule has 0 saturated heterocycles. The fourth-order valence-corrected chi connectivity index (χ4v) is 3.00. The van der Waals surface area contributed by atoms with Gasteiger partial charge < -0.3 is 42.7 Å². The third-order valence-corrected chi connectivity index (χ3v) is 5.00. The second kappa shape index (κ2) is 20.7. The summed E-state index contributed by atoms with van der Waals surface area (Å²) in [4.78, 5) is 65.8. The van der Waals surface area contributed by atoms with Crippen LogP contribution >= 0.6 is 0 Å². The molecule has 0 fully saturated rings. The number of aliphatic carboxylic acids is 1. The van der Waals surface area contributed by atoms with Gasteiger partial charge in [-0.15, -0.1) is 0 Å². The van der Waals surface area contributed by atoms with Crippen LogP contribution in [0.4, 0.5) is 0 Å². The van der Waals surface area contributed by atoms with Gasteiger partial charge in [-0.2, -0.15) is 0 Å². The van der Waals surface area contributed by atoms with Gasteiger partial charge in [0, 0.05) is 51.9 Å². The zero-order valence-corrected chi connectivity index (χ0v) is 21.9. The molecule has 0 aliphatic heterocycles. The number of hydrogen-bond donors (Lipinski definition) is 7. The molecule has 0 aromatic heterocycles. The number of carboxylic acids is 1. The molecule has 37 heavy (non-hydrogen) atoms. The summed E-state index contributed by atoms with van der Waals surface area (Å²) in [5.74, 6) is -2.14. The first-order chi connectivity index (χ1) is 17.5. The van der Waals surface area contributed by atoms with Crippen LogP contribution in [-0.2, 0) is 24.0 Å². The number of nitrogens with zero attached hydrogens (tertiary/aromatic N) is 3. The summed E-state index contributed by atoms with van der Waals surface area (Å²) < 4.78 is 0. The van der Waals surface area contributed by atoms with Crippen LogP contribution in [0.5, 0.6) is 0 Å². The van der Waals surface area contributed by atoms with Crippen LogP contribution in [0, 0.1) is 0 Å². The van der Waals surface area contributed by atoms with Crippen LogP contribution in [0.2, 0.25) is 0 Å². The number of amides is 4. The largest absolute Gasteiger partial charge is 0.480 e. The number of carboxylic acid groups (broad SMARTS) is 1. The second-order valence-electron chi connectivity index (χ2n) is 8.39. The predicted molar refractivity (Wildman–Crippen MR) is 138 cm³/mol. The predicted octanol–water partition coefficient (Wildman–Crippen LogP) is -2.68. The molecule has 4 amide bonds. The minimum Gasteiger partial charge on any atom is -0.480 e. The molecule has 212 valence electrons. The SMILES string of the molecule is CCCC(=O)NCNC(=O)CCN(CCC(=O)NCNC(=O)CCN(C)CCCN=C(N)N)CC(=O)O. The normalized spacial score (nSPS) is 10.6. The average molecular weight is 530 g/mol. The Morgan fingerprint density at radius 3 is 1.65 bits per heavy atom. The van der Waals surface area contributed by atoms with E-state index in [0.717, 1.165) is 13.0 Å². The van der Waals surface area contributed by atoms with Crippen LogP contribution in [0.3, 0.4) is 0 Å². The first kappa shape index (κ1) is 33.5. The van der Waals surface area contributed by atoms with E-state index in [1.54, 1.807) is 0 Å². The Labute approximate surface area is 217 Å². The third kappa shape index (κ3) is 21.5. The van der Waals surface area contributed by atoms with Gasteiger partial charge in [0.25, 0.3) is 0 Å². The first-order valence-corrected chi connectivity index (χ1v) is 12.3. The van der Waals surface area contributed by atoms with Crippen molar-refractivity contribution < 1.29 is 29.1 Å². The van der Waals surface area contributed by atoms with E-state index in [1.165, 1.54) is 4.90 Å². The Bertz CT molecular complexity index is 759. The zero-order chi connectivity index (χ0) is 28.1. The van der Waals surface area contributed by atoms with Crippen molar-refractivity contribution in [2.75, 3.05) is 59.7 Å². The number of hydrogen-bond acceptors (Lipinski definition) is 8. The summed E-state index contributed by atoms with van der Waals surface area (Å²) in [6.45, 7) is 3.52. The van der Waals surface area contributed by atoms with Gasteiger partial charge in [-0.05, 0) is 26.4 Å². The van der Waals surface area contributed by atoms with Crippen LogP contribution in [0.1, 0.15) is 45.4 Å². The van der Waals surface area contributed by atoms with Crippen molar-refractivity contribution in [2.24, 2.45) is 16.5 Å². The van der Waals surface area contributed by atoms with E-state index in [1.807, 2.05) is 18.9 Å². The molecule has 0 aliphatic carbocycles. The molecule has 0 radical (unpaired) electrons. The maximum Gasteiger partial charge on any atom is 0.317 e. The number of carbonyl (C=O) groups excluding carboxylic acids is 4. The maximum absolute atomic E-state index is 12.1. The van der Waals surface area contributed by atoms with E-state index in [0.29, 0.717) is 25.9 Å². The fraction of sp³-hybridized carbons (Fsp3) is 0.727. The molecule has 15 nitrogen and oxygen atoms in total. The van der Waals surface area contributed by atoms with Crippen LogP contribution in [0.25, 0.3) is 0 Å². The smallest absolute Gasteiger partial charge is 0.317 e. The molecule has 0 rings (SSSR count). The molecule has 0 heterocycles. The lowest BCUT2D eigenvalue weighted by atomic mass is 10.3. The van der Waals surface area contributed by atoms with Gasteiger partial charge in [0.2, 0.25) is 23.6 Å². The number of rotatable bonds is 21. The van der Waals surface area contributed by atoms with Crippen LogP contribution < -0.4 is 32.7 Å². The lowest BCUT2D eigenvalue weighted by Crippen LogP contribution is -2.41. The van der Waals surface area contributed by atoms with E-state index < -0.39 is 5.97 Å². The second-order valence-corrected chi connectivity index (χ2v) is 8.39. The van der Waals surface area contributed by atoms with Gasteiger partial charge in [0.1, 0.15) is 0 Å². The molecule has 9 N–H and O–H groups in total. The molecular formula is C22H43N9O6. The van der Waals surface area contributed by atoms with E-state index in [9.17, 15) is 24.0 Å². The molecule has 0 saturated carbocycles. The third-order valence-electron chi connectivity index (χ3n) is 5.00. The van der Waals surface area contributed by atoms with Crippen molar-refractivity contribution in [1.82, 2.24) is 31.1 Å². The minimum atomic E-state index is -1.08. The highest BCUT2D eigenvalue weighted by atomic mass is 16.4. The van der Waals surface area contributed by atoms with Crippen molar-refractivity contribution in [3.63, 3.8) is 0 Å². The highest BCUT2D eigenvalue weighted by Crippen LogP contribution is 1.96. The Balaban J connectivity index is 4.14. The Kier molecular flexibility index (Phi) is 18.8. The van der Waals surface area contributed by atoms with E-state index in [4.69, 9.17) is 16.6 Å². The van der Waals surface area contributed by atoms with Crippen molar-refractivity contribution in [3.8, 4) is 0 Å². The number of nitrogens with two attached hydrogens (primary N) is 2. The van der Waals surface area contributed by atoms with Gasteiger partial charge in [-0.3, -0.25) is 33.9 Å². The Morgan fingerprint density at radius 1 is 0.757 bits per heavy atom. The van der Waals surface area contributed by atoms with Gasteiger partial charge in [-0.25, -0.2) is 0 Å². The fourth-order valence-electron chi connectivity index (χ4n) is 3.00. The maximum atomic E-state index is 12.1. The summed E-state index contributed by atoms with van der Waals surface area (Å²) in [6.07, 6.45) is 2.09. The van der Waals surface area contributed by atoms with Crippen molar-refractivity contribution in [1.29, 1.82) is 0 Å². The number of guanidine groups is 1. The van der Waals surface area contributed by atoms with Crippen molar-refractivity contribution >= 4 is 35.6 Å². The lowest BCUT2D eigenvalue weighted by molar-refractivity contribution is -0.139. The molecule has 0 aromatic rings. The lowest BCUT2D eigenvalue weighted by Gasteiger charge is -2.20. The van der Waals surface area contributed by atoms with Gasteiger partial charge >= 0.3 is 5.97 Å². The summed E-state index contributed by atoms with van der Waals surface area (Å²) in [5, 5.41) is 19.3. The van der Waals surface area contributed by atoms with E-state index >= 15 is 0 Å². The topological polar surface area (TPSA) is 225 Å². The van der Waals surface area contributed by atoms with Gasteiger partial charge in [-0.1, -0.05) is 6.92 Å². The molecule has 15 heteroatoms. The number of nitrogens with one attached hydrogen (secondary N) is 4. The molecule has 0 spiro atoms. The molecular weight excluding hydrogens is 486 g/mol. The monoisotopic (exact) mass is 529 g/mol. The standard InChI is InChI=1S/C22H43N9O6/c1-3-5-17(32)26-15-28-19(34)7-12-31(14-21(36)37)13-8-20(35)29-16-27-18(33)6-11-30(2)10-4-9-25-22(23)24/h3-16H2,1-2H3,(H,26,32)(H,27,33)(H,28,34)(H,29,35)(H,36,37)(H4,23,24,25). The molecule has 0 aliphatic rings. The molecule has 0 bridgehead atoms. The van der Waals surface area contributed by atoms with E-state index in [2.05, 4.69) is 26.3 Å². The summed E-state index contributed by atoms with van der Waals surface area (Å²) >= 11 is 0. The van der Waals surface area contributed by atoms with Crippen LogP contribution in [-0.4, -0.2) is 110 Å². The average Bonchev–Trinajstić information content (AvgIpc) is 2.82.